The fourth-order valence-electron chi connectivity index (χ4n) is 4.00. The van der Waals surface area contributed by atoms with E-state index in [1.54, 1.807) is 7.05 Å². The van der Waals surface area contributed by atoms with Crippen LogP contribution in [0.5, 0.6) is 11.5 Å². The van der Waals surface area contributed by atoms with E-state index in [0.29, 0.717) is 25.7 Å². The van der Waals surface area contributed by atoms with Gasteiger partial charge in [-0.1, -0.05) is 6.07 Å². The molecule has 1 atom stereocenters. The number of nitrogens with one attached hydrogen (secondary N) is 2. The molecule has 0 radical (unpaired) electrons. The molecule has 4 rings (SSSR count). The molecule has 3 heterocycles. The second kappa shape index (κ2) is 9.94. The summed E-state index contributed by atoms with van der Waals surface area (Å²) in [4.78, 5) is 8.91. The number of fused-ring (bicyclic) bond motifs is 1. The van der Waals surface area contributed by atoms with Crippen molar-refractivity contribution in [2.45, 2.75) is 53.3 Å². The van der Waals surface area contributed by atoms with Gasteiger partial charge < -0.3 is 20.1 Å². The van der Waals surface area contributed by atoms with Gasteiger partial charge in [0.25, 0.3) is 0 Å². The van der Waals surface area contributed by atoms with E-state index < -0.39 is 0 Å². The van der Waals surface area contributed by atoms with Crippen LogP contribution in [0, 0.1) is 13.8 Å². The molecule has 174 valence electrons. The maximum Gasteiger partial charge on any atom is 0.191 e. The number of pyridine rings is 1. The first-order valence-corrected chi connectivity index (χ1v) is 11.3. The Morgan fingerprint density at radius 2 is 2.03 bits per heavy atom. The lowest BCUT2D eigenvalue weighted by Crippen LogP contribution is -2.36. The molecule has 0 saturated heterocycles. The fraction of sp³-hybridized carbons (Fsp3) is 0.400. The number of aryl methyl sites for hydroxylation is 2. The summed E-state index contributed by atoms with van der Waals surface area (Å²) in [6, 6.07) is 10.2. The molecular formula is C25H32N6O2. The molecular weight excluding hydrogens is 416 g/mol. The molecule has 2 N–H and O–H groups in total. The average Bonchev–Trinajstić information content (AvgIpc) is 3.33. The van der Waals surface area contributed by atoms with Gasteiger partial charge in [-0.15, -0.1) is 0 Å². The molecule has 8 nitrogen and oxygen atoms in total. The number of aromatic nitrogens is 3. The summed E-state index contributed by atoms with van der Waals surface area (Å²) in [6.45, 7) is 9.89. The highest BCUT2D eigenvalue weighted by molar-refractivity contribution is 5.79. The van der Waals surface area contributed by atoms with Gasteiger partial charge in [-0.25, -0.2) is 9.67 Å². The Morgan fingerprint density at radius 3 is 2.70 bits per heavy atom. The Hall–Kier alpha value is -3.55. The first-order valence-electron chi connectivity index (χ1n) is 11.3. The van der Waals surface area contributed by atoms with Crippen LogP contribution in [0.1, 0.15) is 41.9 Å². The Balaban J connectivity index is 1.37. The van der Waals surface area contributed by atoms with Crippen molar-refractivity contribution in [3.63, 3.8) is 0 Å². The minimum Gasteiger partial charge on any atom is -0.494 e. The number of benzene rings is 1. The van der Waals surface area contributed by atoms with E-state index in [9.17, 15) is 0 Å². The van der Waals surface area contributed by atoms with Crippen molar-refractivity contribution in [3.05, 3.63) is 64.6 Å². The summed E-state index contributed by atoms with van der Waals surface area (Å²) in [5.41, 5.74) is 5.34. The minimum absolute atomic E-state index is 0.202. The maximum atomic E-state index is 5.93. The summed E-state index contributed by atoms with van der Waals surface area (Å²) in [5, 5.41) is 11.2. The molecule has 3 aromatic rings. The highest BCUT2D eigenvalue weighted by Gasteiger charge is 2.22. The van der Waals surface area contributed by atoms with Crippen LogP contribution in [-0.4, -0.2) is 40.5 Å². The van der Waals surface area contributed by atoms with Gasteiger partial charge in [-0.3, -0.25) is 4.99 Å². The SMILES string of the molecule is CCOc1cc2c(cc1CNC(=NC)NCc1ccc(-n3nc(C)cc3C)nc1)OC(C)C2. The smallest absolute Gasteiger partial charge is 0.191 e. The fourth-order valence-corrected chi connectivity index (χ4v) is 4.00. The largest absolute Gasteiger partial charge is 0.494 e. The van der Waals surface area contributed by atoms with E-state index in [1.165, 1.54) is 5.56 Å². The van der Waals surface area contributed by atoms with Gasteiger partial charge in [-0.2, -0.15) is 5.10 Å². The lowest BCUT2D eigenvalue weighted by molar-refractivity contribution is 0.254. The molecule has 1 aliphatic heterocycles. The first kappa shape index (κ1) is 22.6. The second-order valence-corrected chi connectivity index (χ2v) is 8.28. The monoisotopic (exact) mass is 448 g/mol. The van der Waals surface area contributed by atoms with Crippen molar-refractivity contribution in [3.8, 4) is 17.3 Å². The van der Waals surface area contributed by atoms with Crippen LogP contribution in [-0.2, 0) is 19.5 Å². The summed E-state index contributed by atoms with van der Waals surface area (Å²) in [7, 11) is 1.76. The number of rotatable bonds is 7. The van der Waals surface area contributed by atoms with Crippen LogP contribution >= 0.6 is 0 Å². The highest BCUT2D eigenvalue weighted by atomic mass is 16.5. The number of hydrogen-bond donors (Lipinski definition) is 2. The van der Waals surface area contributed by atoms with Crippen LogP contribution in [0.25, 0.3) is 5.82 Å². The first-order chi connectivity index (χ1) is 16.0. The molecule has 1 aromatic carbocycles. The normalized spacial score (nSPS) is 15.2. The van der Waals surface area contributed by atoms with Crippen molar-refractivity contribution < 1.29 is 9.47 Å². The third-order valence-electron chi connectivity index (χ3n) is 5.54. The molecule has 1 unspecified atom stereocenters. The predicted octanol–water partition coefficient (Wildman–Crippen LogP) is 3.47. The summed E-state index contributed by atoms with van der Waals surface area (Å²) in [6.07, 6.45) is 2.98. The van der Waals surface area contributed by atoms with Gasteiger partial charge >= 0.3 is 0 Å². The highest BCUT2D eigenvalue weighted by Crippen LogP contribution is 2.35. The zero-order chi connectivity index (χ0) is 23.4. The van der Waals surface area contributed by atoms with E-state index in [1.807, 2.05) is 49.8 Å². The van der Waals surface area contributed by atoms with E-state index in [-0.39, 0.29) is 6.10 Å². The van der Waals surface area contributed by atoms with E-state index in [4.69, 9.17) is 9.47 Å². The third kappa shape index (κ3) is 5.27. The van der Waals surface area contributed by atoms with Crippen molar-refractivity contribution in [1.82, 2.24) is 25.4 Å². The molecule has 0 saturated carbocycles. The van der Waals surface area contributed by atoms with E-state index in [0.717, 1.165) is 46.3 Å². The third-order valence-corrected chi connectivity index (χ3v) is 5.54. The predicted molar refractivity (Wildman–Crippen MR) is 129 cm³/mol. The quantitative estimate of drug-likeness (QED) is 0.425. The zero-order valence-corrected chi connectivity index (χ0v) is 20.0. The molecule has 33 heavy (non-hydrogen) atoms. The number of ether oxygens (including phenoxy) is 2. The van der Waals surface area contributed by atoms with E-state index >= 15 is 0 Å². The molecule has 1 aliphatic rings. The van der Waals surface area contributed by atoms with Crippen LogP contribution in [0.15, 0.2) is 41.5 Å². The number of nitrogens with zero attached hydrogens (tertiary/aromatic N) is 4. The van der Waals surface area contributed by atoms with Gasteiger partial charge in [0, 0.05) is 49.6 Å². The Bertz CT molecular complexity index is 1140. The molecule has 0 amide bonds. The van der Waals surface area contributed by atoms with Crippen LogP contribution in [0.2, 0.25) is 0 Å². The van der Waals surface area contributed by atoms with Gasteiger partial charge in [0.1, 0.15) is 17.6 Å². The Labute approximate surface area is 195 Å². The van der Waals surface area contributed by atoms with Crippen LogP contribution in [0.4, 0.5) is 0 Å². The topological polar surface area (TPSA) is 85.6 Å². The molecule has 0 fully saturated rings. The number of aliphatic imine (C=N–C) groups is 1. The van der Waals surface area contributed by atoms with Crippen molar-refractivity contribution in [1.29, 1.82) is 0 Å². The van der Waals surface area contributed by atoms with Crippen molar-refractivity contribution >= 4 is 5.96 Å². The van der Waals surface area contributed by atoms with Gasteiger partial charge in [0.2, 0.25) is 0 Å². The lowest BCUT2D eigenvalue weighted by Gasteiger charge is -2.16. The lowest BCUT2D eigenvalue weighted by atomic mass is 10.1. The van der Waals surface area contributed by atoms with Crippen molar-refractivity contribution in [2.24, 2.45) is 4.99 Å². The summed E-state index contributed by atoms with van der Waals surface area (Å²) < 4.78 is 13.7. The summed E-state index contributed by atoms with van der Waals surface area (Å²) >= 11 is 0. The average molecular weight is 449 g/mol. The Kier molecular flexibility index (Phi) is 6.82. The van der Waals surface area contributed by atoms with Crippen molar-refractivity contribution in [2.75, 3.05) is 13.7 Å². The van der Waals surface area contributed by atoms with Gasteiger partial charge in [0.15, 0.2) is 11.8 Å². The molecule has 0 spiro atoms. The second-order valence-electron chi connectivity index (χ2n) is 8.28. The van der Waals surface area contributed by atoms with Crippen LogP contribution in [0.3, 0.4) is 0 Å². The summed E-state index contributed by atoms with van der Waals surface area (Å²) in [5.74, 6) is 3.35. The van der Waals surface area contributed by atoms with Gasteiger partial charge in [0.05, 0.1) is 12.3 Å². The number of hydrogen-bond acceptors (Lipinski definition) is 5. The molecule has 0 aliphatic carbocycles. The maximum absolute atomic E-state index is 5.93. The van der Waals surface area contributed by atoms with Crippen LogP contribution < -0.4 is 20.1 Å². The Morgan fingerprint density at radius 1 is 1.21 bits per heavy atom. The van der Waals surface area contributed by atoms with Gasteiger partial charge in [-0.05, 0) is 57.5 Å². The van der Waals surface area contributed by atoms with E-state index in [2.05, 4.69) is 44.8 Å². The standard InChI is InChI=1S/C25H32N6O2/c1-6-32-22-11-20-10-18(4)33-23(20)12-21(22)15-29-25(26-5)28-14-19-7-8-24(27-13-19)31-17(3)9-16(2)30-31/h7-9,11-13,18H,6,10,14-15H2,1-5H3,(H2,26,28,29). The molecule has 0 bridgehead atoms. The number of guanidine groups is 1. The molecule has 8 heteroatoms. The zero-order valence-electron chi connectivity index (χ0n) is 20.0. The molecule has 2 aromatic heterocycles. The minimum atomic E-state index is 0.202.